The van der Waals surface area contributed by atoms with Crippen molar-refractivity contribution in [2.45, 2.75) is 0 Å². The molecule has 0 unspecified atom stereocenters. The van der Waals surface area contributed by atoms with Crippen molar-refractivity contribution in [3.8, 4) is 5.75 Å². The van der Waals surface area contributed by atoms with Gasteiger partial charge in [0.1, 0.15) is 18.6 Å². The van der Waals surface area contributed by atoms with Crippen molar-refractivity contribution >= 4 is 18.0 Å². The zero-order chi connectivity index (χ0) is 11.9. The van der Waals surface area contributed by atoms with Crippen molar-refractivity contribution < 1.29 is 9.53 Å². The number of carbonyl (C=O) groups excluding carboxylic acids is 1. The second-order valence-corrected chi connectivity index (χ2v) is 5.22. The third-order valence-electron chi connectivity index (χ3n) is 2.77. The van der Waals surface area contributed by atoms with Crippen LogP contribution in [-0.2, 0) is 0 Å². The van der Waals surface area contributed by atoms with Gasteiger partial charge >= 0.3 is 0 Å². The fourth-order valence-electron chi connectivity index (χ4n) is 1.80. The van der Waals surface area contributed by atoms with Crippen LogP contribution in [0.25, 0.3) is 0 Å². The molecule has 0 radical (unpaired) electrons. The first kappa shape index (κ1) is 12.5. The molecular weight excluding hydrogens is 234 g/mol. The zero-order valence-electron chi connectivity index (χ0n) is 9.80. The molecule has 1 saturated heterocycles. The van der Waals surface area contributed by atoms with Gasteiger partial charge in [-0.05, 0) is 12.1 Å². The molecule has 0 amide bonds. The number of aldehydes is 1. The third-order valence-corrected chi connectivity index (χ3v) is 3.72. The Labute approximate surface area is 106 Å². The Hall–Kier alpha value is -1.00. The van der Waals surface area contributed by atoms with Crippen LogP contribution in [0.15, 0.2) is 24.3 Å². The molecule has 0 atom stereocenters. The Morgan fingerprint density at radius 3 is 2.94 bits per heavy atom. The number of benzene rings is 1. The van der Waals surface area contributed by atoms with Crippen molar-refractivity contribution in [2.24, 2.45) is 0 Å². The predicted molar refractivity (Wildman–Crippen MR) is 71.1 cm³/mol. The van der Waals surface area contributed by atoms with Crippen molar-refractivity contribution in [2.75, 3.05) is 37.7 Å². The summed E-state index contributed by atoms with van der Waals surface area (Å²) in [5.41, 5.74) is 0.664. The molecule has 0 spiro atoms. The van der Waals surface area contributed by atoms with Crippen LogP contribution < -0.4 is 4.74 Å². The van der Waals surface area contributed by atoms with E-state index in [4.69, 9.17) is 4.74 Å². The minimum atomic E-state index is 0.664. The summed E-state index contributed by atoms with van der Waals surface area (Å²) in [6.45, 7) is 3.96. The Morgan fingerprint density at radius 1 is 1.35 bits per heavy atom. The number of rotatable bonds is 5. The van der Waals surface area contributed by atoms with E-state index < -0.39 is 0 Å². The van der Waals surface area contributed by atoms with E-state index in [1.54, 1.807) is 12.1 Å². The summed E-state index contributed by atoms with van der Waals surface area (Å²) < 4.78 is 5.64. The first-order valence-corrected chi connectivity index (χ1v) is 7.02. The number of carbonyl (C=O) groups is 1. The topological polar surface area (TPSA) is 29.5 Å². The minimum Gasteiger partial charge on any atom is -0.492 e. The number of nitrogens with zero attached hydrogens (tertiary/aromatic N) is 1. The van der Waals surface area contributed by atoms with E-state index in [1.165, 1.54) is 11.5 Å². The minimum absolute atomic E-state index is 0.664. The summed E-state index contributed by atoms with van der Waals surface area (Å²) in [7, 11) is 0. The molecule has 1 aromatic rings. The Bertz CT molecular complexity index is 364. The maximum atomic E-state index is 10.6. The molecule has 92 valence electrons. The molecule has 0 aliphatic carbocycles. The number of hydrogen-bond acceptors (Lipinski definition) is 4. The lowest BCUT2D eigenvalue weighted by atomic mass is 10.2. The fourth-order valence-corrected chi connectivity index (χ4v) is 2.77. The highest BCUT2D eigenvalue weighted by Crippen LogP contribution is 2.12. The highest BCUT2D eigenvalue weighted by atomic mass is 32.2. The van der Waals surface area contributed by atoms with E-state index in [1.807, 2.05) is 23.9 Å². The highest BCUT2D eigenvalue weighted by Gasteiger charge is 2.09. The monoisotopic (exact) mass is 251 g/mol. The van der Waals surface area contributed by atoms with Crippen molar-refractivity contribution in [3.63, 3.8) is 0 Å². The lowest BCUT2D eigenvalue weighted by molar-refractivity contribution is 0.112. The molecule has 2 rings (SSSR count). The average Bonchev–Trinajstić information content (AvgIpc) is 2.40. The summed E-state index contributed by atoms with van der Waals surface area (Å²) in [6.07, 6.45) is 0.842. The standard InChI is InChI=1S/C13H17NO2S/c15-11-12-2-1-3-13(10-12)16-7-4-14-5-8-17-9-6-14/h1-3,10-11H,4-9H2. The Balaban J connectivity index is 1.75. The normalized spacial score (nSPS) is 16.7. The number of ether oxygens (including phenoxy) is 1. The molecule has 1 aliphatic heterocycles. The first-order valence-electron chi connectivity index (χ1n) is 5.86. The summed E-state index contributed by atoms with van der Waals surface area (Å²) in [5, 5.41) is 0. The van der Waals surface area contributed by atoms with Crippen LogP contribution in [0.2, 0.25) is 0 Å². The third kappa shape index (κ3) is 4.06. The van der Waals surface area contributed by atoms with Crippen LogP contribution >= 0.6 is 11.8 Å². The predicted octanol–water partition coefficient (Wildman–Crippen LogP) is 1.93. The largest absolute Gasteiger partial charge is 0.492 e. The molecule has 0 saturated carbocycles. The van der Waals surface area contributed by atoms with Crippen LogP contribution in [0.3, 0.4) is 0 Å². The molecule has 1 heterocycles. The van der Waals surface area contributed by atoms with Gasteiger partial charge in [0, 0.05) is 36.7 Å². The van der Waals surface area contributed by atoms with Crippen LogP contribution in [0.1, 0.15) is 10.4 Å². The number of thioether (sulfide) groups is 1. The van der Waals surface area contributed by atoms with Gasteiger partial charge in [-0.15, -0.1) is 0 Å². The van der Waals surface area contributed by atoms with Crippen molar-refractivity contribution in [1.29, 1.82) is 0 Å². The maximum absolute atomic E-state index is 10.6. The van der Waals surface area contributed by atoms with Crippen molar-refractivity contribution in [3.05, 3.63) is 29.8 Å². The van der Waals surface area contributed by atoms with E-state index in [0.717, 1.165) is 31.7 Å². The Kier molecular flexibility index (Phi) is 4.88. The highest BCUT2D eigenvalue weighted by molar-refractivity contribution is 7.99. The van der Waals surface area contributed by atoms with Gasteiger partial charge in [-0.2, -0.15) is 11.8 Å². The smallest absolute Gasteiger partial charge is 0.150 e. The van der Waals surface area contributed by atoms with Crippen LogP contribution in [0.4, 0.5) is 0 Å². The van der Waals surface area contributed by atoms with Crippen LogP contribution in [0.5, 0.6) is 5.75 Å². The maximum Gasteiger partial charge on any atom is 0.150 e. The van der Waals surface area contributed by atoms with Crippen LogP contribution in [-0.4, -0.2) is 48.9 Å². The van der Waals surface area contributed by atoms with E-state index in [0.29, 0.717) is 12.2 Å². The SMILES string of the molecule is O=Cc1cccc(OCCN2CCSCC2)c1. The molecule has 3 nitrogen and oxygen atoms in total. The van der Waals surface area contributed by atoms with E-state index in [9.17, 15) is 4.79 Å². The molecule has 0 N–H and O–H groups in total. The average molecular weight is 251 g/mol. The zero-order valence-corrected chi connectivity index (χ0v) is 10.6. The fraction of sp³-hybridized carbons (Fsp3) is 0.462. The molecule has 1 aromatic carbocycles. The van der Waals surface area contributed by atoms with E-state index in [2.05, 4.69) is 4.90 Å². The summed E-state index contributed by atoms with van der Waals surface area (Å²) in [5.74, 6) is 3.22. The molecule has 1 aliphatic rings. The molecular formula is C13H17NO2S. The molecule has 4 heteroatoms. The van der Waals surface area contributed by atoms with Crippen molar-refractivity contribution in [1.82, 2.24) is 4.90 Å². The molecule has 17 heavy (non-hydrogen) atoms. The first-order chi connectivity index (χ1) is 8.38. The quantitative estimate of drug-likeness (QED) is 0.748. The van der Waals surface area contributed by atoms with E-state index >= 15 is 0 Å². The molecule has 1 fully saturated rings. The molecule has 0 aromatic heterocycles. The van der Waals surface area contributed by atoms with Gasteiger partial charge in [0.05, 0.1) is 0 Å². The second kappa shape index (κ2) is 6.67. The number of hydrogen-bond donors (Lipinski definition) is 0. The lowest BCUT2D eigenvalue weighted by Crippen LogP contribution is -2.35. The second-order valence-electron chi connectivity index (χ2n) is 3.99. The van der Waals surface area contributed by atoms with Gasteiger partial charge in [0.25, 0.3) is 0 Å². The summed E-state index contributed by atoms with van der Waals surface area (Å²) in [6, 6.07) is 7.29. The van der Waals surface area contributed by atoms with Gasteiger partial charge in [0.15, 0.2) is 0 Å². The van der Waals surface area contributed by atoms with Gasteiger partial charge in [-0.1, -0.05) is 12.1 Å². The van der Waals surface area contributed by atoms with Gasteiger partial charge in [-0.3, -0.25) is 9.69 Å². The molecule has 0 bridgehead atoms. The van der Waals surface area contributed by atoms with E-state index in [-0.39, 0.29) is 0 Å². The van der Waals surface area contributed by atoms with Gasteiger partial charge < -0.3 is 4.74 Å². The lowest BCUT2D eigenvalue weighted by Gasteiger charge is -2.25. The summed E-state index contributed by atoms with van der Waals surface area (Å²) in [4.78, 5) is 13.0. The summed E-state index contributed by atoms with van der Waals surface area (Å²) >= 11 is 2.01. The van der Waals surface area contributed by atoms with Gasteiger partial charge in [-0.25, -0.2) is 0 Å². The van der Waals surface area contributed by atoms with Crippen LogP contribution in [0, 0.1) is 0 Å². The van der Waals surface area contributed by atoms with Gasteiger partial charge in [0.2, 0.25) is 0 Å². The Morgan fingerprint density at radius 2 is 2.18 bits per heavy atom.